The zero-order valence-electron chi connectivity index (χ0n) is 20.9. The Morgan fingerprint density at radius 3 is 2.58 bits per heavy atom. The summed E-state index contributed by atoms with van der Waals surface area (Å²) in [5.41, 5.74) is 5.22. The van der Waals surface area contributed by atoms with Crippen molar-refractivity contribution in [1.82, 2.24) is 19.3 Å². The highest BCUT2D eigenvalue weighted by Gasteiger charge is 2.34. The molecule has 6 rings (SSSR count). The average Bonchev–Trinajstić information content (AvgIpc) is 3.52. The van der Waals surface area contributed by atoms with Crippen molar-refractivity contribution < 1.29 is 19.4 Å². The van der Waals surface area contributed by atoms with E-state index < -0.39 is 5.97 Å². The number of methoxy groups -OCH3 is 1. The summed E-state index contributed by atoms with van der Waals surface area (Å²) >= 11 is 0. The number of ether oxygens (including phenoxy) is 1. The molecule has 0 radical (unpaired) electrons. The first-order chi connectivity index (χ1) is 17.4. The van der Waals surface area contributed by atoms with Crippen LogP contribution in [0, 0.1) is 5.92 Å². The van der Waals surface area contributed by atoms with Gasteiger partial charge in [0.15, 0.2) is 0 Å². The number of aryl methyl sites for hydroxylation is 1. The van der Waals surface area contributed by atoms with E-state index in [1.54, 1.807) is 4.90 Å². The van der Waals surface area contributed by atoms with E-state index in [1.165, 1.54) is 25.5 Å². The number of fused-ring (bicyclic) bond motifs is 3. The smallest absolute Gasteiger partial charge is 0.414 e. The van der Waals surface area contributed by atoms with Gasteiger partial charge < -0.3 is 14.4 Å². The maximum absolute atomic E-state index is 12.6. The number of anilines is 1. The second kappa shape index (κ2) is 8.94. The summed E-state index contributed by atoms with van der Waals surface area (Å²) in [5, 5.41) is 14.1. The standard InChI is InChI=1S/C27H33N5O4/c1-16-3-10-21-22(31(16)27(35)36-2)11-12-23-25(21)29-24(15-30-14-19(13-28-30)17-4-5-17)32(23)20-8-6-18(7-9-20)26(33)34/h11-14,16-18,20H,3-10,15H2,1-2H3,(H,33,34)/t16-,18?,20?/m0/s1. The normalized spacial score (nSPS) is 24.1. The van der Waals surface area contributed by atoms with E-state index in [4.69, 9.17) is 9.72 Å². The van der Waals surface area contributed by atoms with Gasteiger partial charge in [-0.2, -0.15) is 5.10 Å². The van der Waals surface area contributed by atoms with Crippen LogP contribution in [0.1, 0.15) is 80.8 Å². The molecule has 1 aliphatic heterocycles. The Morgan fingerprint density at radius 1 is 1.11 bits per heavy atom. The lowest BCUT2D eigenvalue weighted by Crippen LogP contribution is -2.42. The fourth-order valence-corrected chi connectivity index (χ4v) is 6.16. The first-order valence-electron chi connectivity index (χ1n) is 13.1. The lowest BCUT2D eigenvalue weighted by atomic mass is 9.86. The SMILES string of the molecule is COC(=O)N1c2ccc3c(nc(Cn4cc(C5CC5)cn4)n3C3CCC(C(=O)O)CC3)c2CC[C@@H]1C. The predicted molar refractivity (Wildman–Crippen MR) is 134 cm³/mol. The highest BCUT2D eigenvalue weighted by atomic mass is 16.5. The van der Waals surface area contributed by atoms with E-state index in [-0.39, 0.29) is 24.1 Å². The van der Waals surface area contributed by atoms with E-state index >= 15 is 0 Å². The van der Waals surface area contributed by atoms with Crippen molar-refractivity contribution in [3.8, 4) is 0 Å². The van der Waals surface area contributed by atoms with Crippen molar-refractivity contribution in [2.24, 2.45) is 5.92 Å². The van der Waals surface area contributed by atoms with Crippen LogP contribution in [0.4, 0.5) is 10.5 Å². The van der Waals surface area contributed by atoms with Crippen molar-refractivity contribution in [2.75, 3.05) is 12.0 Å². The molecule has 36 heavy (non-hydrogen) atoms. The number of carboxylic acids is 1. The summed E-state index contributed by atoms with van der Waals surface area (Å²) in [6.45, 7) is 2.61. The zero-order chi connectivity index (χ0) is 25.0. The molecule has 2 aliphatic carbocycles. The zero-order valence-corrected chi connectivity index (χ0v) is 20.9. The van der Waals surface area contributed by atoms with Gasteiger partial charge in [0.1, 0.15) is 5.82 Å². The number of carbonyl (C=O) groups is 2. The Kier molecular flexibility index (Phi) is 5.73. The van der Waals surface area contributed by atoms with Gasteiger partial charge in [-0.25, -0.2) is 9.78 Å². The van der Waals surface area contributed by atoms with Crippen molar-refractivity contribution in [3.05, 3.63) is 41.5 Å². The van der Waals surface area contributed by atoms with Gasteiger partial charge in [0.05, 0.1) is 42.5 Å². The molecule has 3 aromatic rings. The van der Waals surface area contributed by atoms with Gasteiger partial charge >= 0.3 is 12.1 Å². The Balaban J connectivity index is 1.43. The number of hydrogen-bond donors (Lipinski definition) is 1. The second-order valence-electron chi connectivity index (χ2n) is 10.6. The van der Waals surface area contributed by atoms with Gasteiger partial charge in [-0.05, 0) is 81.9 Å². The number of amides is 1. The quantitative estimate of drug-likeness (QED) is 0.546. The molecule has 1 amide bonds. The molecule has 2 saturated carbocycles. The maximum Gasteiger partial charge on any atom is 0.414 e. The minimum absolute atomic E-state index is 0.0557. The van der Waals surface area contributed by atoms with Crippen LogP contribution in [0.3, 0.4) is 0 Å². The van der Waals surface area contributed by atoms with E-state index in [0.717, 1.165) is 53.8 Å². The molecule has 0 bridgehead atoms. The molecule has 1 atom stereocenters. The van der Waals surface area contributed by atoms with E-state index in [0.29, 0.717) is 25.3 Å². The molecule has 190 valence electrons. The highest BCUT2D eigenvalue weighted by molar-refractivity contribution is 5.95. The highest BCUT2D eigenvalue weighted by Crippen LogP contribution is 2.41. The fraction of sp³-hybridized carbons (Fsp3) is 0.556. The van der Waals surface area contributed by atoms with Crippen LogP contribution in [0.25, 0.3) is 11.0 Å². The number of aliphatic carboxylic acids is 1. The van der Waals surface area contributed by atoms with Gasteiger partial charge in [0.2, 0.25) is 0 Å². The molecule has 1 aromatic carbocycles. The van der Waals surface area contributed by atoms with Gasteiger partial charge in [-0.1, -0.05) is 0 Å². The average molecular weight is 492 g/mol. The number of rotatable bonds is 5. The third-order valence-corrected chi connectivity index (χ3v) is 8.32. The van der Waals surface area contributed by atoms with Crippen LogP contribution in [-0.4, -0.2) is 49.7 Å². The van der Waals surface area contributed by atoms with Gasteiger partial charge in [-0.3, -0.25) is 14.4 Å². The summed E-state index contributed by atoms with van der Waals surface area (Å²) in [6, 6.07) is 4.34. The topological polar surface area (TPSA) is 102 Å². The fourth-order valence-electron chi connectivity index (χ4n) is 6.16. The molecule has 0 spiro atoms. The Hall–Kier alpha value is -3.36. The molecular weight excluding hydrogens is 458 g/mol. The summed E-state index contributed by atoms with van der Waals surface area (Å²) in [4.78, 5) is 31.1. The molecule has 9 nitrogen and oxygen atoms in total. The molecular formula is C27H33N5O4. The molecule has 2 fully saturated rings. The monoisotopic (exact) mass is 491 g/mol. The predicted octanol–water partition coefficient (Wildman–Crippen LogP) is 4.88. The first-order valence-corrected chi connectivity index (χ1v) is 13.1. The Morgan fingerprint density at radius 2 is 1.89 bits per heavy atom. The Labute approximate surface area is 210 Å². The van der Waals surface area contributed by atoms with Crippen LogP contribution >= 0.6 is 0 Å². The second-order valence-corrected chi connectivity index (χ2v) is 10.6. The maximum atomic E-state index is 12.6. The summed E-state index contributed by atoms with van der Waals surface area (Å²) in [6.07, 6.45) is 10.9. The molecule has 9 heteroatoms. The van der Waals surface area contributed by atoms with Crippen LogP contribution in [-0.2, 0) is 22.5 Å². The minimum Gasteiger partial charge on any atom is -0.481 e. The molecule has 0 unspecified atom stereocenters. The molecule has 3 heterocycles. The molecule has 1 N–H and O–H groups in total. The van der Waals surface area contributed by atoms with Gasteiger partial charge in [0.25, 0.3) is 0 Å². The Bertz CT molecular complexity index is 1320. The number of aromatic nitrogens is 4. The van der Waals surface area contributed by atoms with Crippen molar-refractivity contribution in [2.45, 2.75) is 82.8 Å². The van der Waals surface area contributed by atoms with Crippen molar-refractivity contribution >= 4 is 28.8 Å². The number of carboxylic acid groups (broad SMARTS) is 1. The van der Waals surface area contributed by atoms with Crippen LogP contribution in [0.15, 0.2) is 24.5 Å². The lowest BCUT2D eigenvalue weighted by molar-refractivity contribution is -0.143. The largest absolute Gasteiger partial charge is 0.481 e. The summed E-state index contributed by atoms with van der Waals surface area (Å²) in [7, 11) is 1.42. The third kappa shape index (κ3) is 3.94. The summed E-state index contributed by atoms with van der Waals surface area (Å²) < 4.78 is 9.39. The third-order valence-electron chi connectivity index (χ3n) is 8.32. The minimum atomic E-state index is -0.695. The van der Waals surface area contributed by atoms with Crippen LogP contribution in [0.2, 0.25) is 0 Å². The first kappa shape index (κ1) is 23.1. The van der Waals surface area contributed by atoms with E-state index in [2.05, 4.69) is 21.9 Å². The number of benzene rings is 1. The van der Waals surface area contributed by atoms with Crippen LogP contribution < -0.4 is 4.90 Å². The number of carbonyl (C=O) groups excluding carboxylic acids is 1. The molecule has 0 saturated heterocycles. The van der Waals surface area contributed by atoms with Crippen LogP contribution in [0.5, 0.6) is 0 Å². The molecule has 2 aromatic heterocycles. The van der Waals surface area contributed by atoms with E-state index in [9.17, 15) is 14.7 Å². The van der Waals surface area contributed by atoms with Crippen molar-refractivity contribution in [1.29, 1.82) is 0 Å². The van der Waals surface area contributed by atoms with Gasteiger partial charge in [-0.15, -0.1) is 0 Å². The number of imidazole rings is 1. The van der Waals surface area contributed by atoms with Gasteiger partial charge in [0, 0.05) is 23.8 Å². The summed E-state index contributed by atoms with van der Waals surface area (Å²) in [5.74, 6) is 0.613. The molecule has 3 aliphatic rings. The van der Waals surface area contributed by atoms with Crippen molar-refractivity contribution in [3.63, 3.8) is 0 Å². The lowest BCUT2D eigenvalue weighted by Gasteiger charge is -2.34. The number of hydrogen-bond acceptors (Lipinski definition) is 5. The number of nitrogens with zero attached hydrogens (tertiary/aromatic N) is 5. The van der Waals surface area contributed by atoms with E-state index in [1.807, 2.05) is 23.9 Å².